The highest BCUT2D eigenvalue weighted by Gasteiger charge is 2.44. The highest BCUT2D eigenvalue weighted by atomic mass is 32.2. The number of alkyl halides is 3. The molecule has 2 aromatic carbocycles. The van der Waals surface area contributed by atoms with Crippen LogP contribution in [0.15, 0.2) is 64.4 Å². The van der Waals surface area contributed by atoms with Crippen LogP contribution in [0, 0.1) is 0 Å². The largest absolute Gasteiger partial charge is 0.522 e. The van der Waals surface area contributed by atoms with Crippen molar-refractivity contribution in [3.63, 3.8) is 0 Å². The van der Waals surface area contributed by atoms with Gasteiger partial charge in [-0.15, -0.1) is 0 Å². The molecule has 0 amide bonds. The predicted molar refractivity (Wildman–Crippen MR) is 81.2 cm³/mol. The van der Waals surface area contributed by atoms with E-state index in [1.807, 2.05) is 30.3 Å². The summed E-state index contributed by atoms with van der Waals surface area (Å²) >= 11 is 1.75. The number of halogens is 3. The Morgan fingerprint density at radius 2 is 1.39 bits per heavy atom. The molecule has 0 unspecified atom stereocenters. The average molecular weight is 366 g/mol. The van der Waals surface area contributed by atoms with Crippen LogP contribution in [0.3, 0.4) is 0 Å². The zero-order valence-corrected chi connectivity index (χ0v) is 13.5. The van der Waals surface area contributed by atoms with Crippen LogP contribution in [0.25, 0.3) is 0 Å². The van der Waals surface area contributed by atoms with Crippen molar-refractivity contribution in [2.45, 2.75) is 15.3 Å². The second kappa shape index (κ2) is 8.23. The Balaban J connectivity index is 0.000000284. The Bertz CT molecular complexity index is 699. The molecule has 0 bridgehead atoms. The molecule has 0 heterocycles. The standard InChI is InChI=1S/C13H12OS.CHF3O3S/c1-14-11-7-9-13(10-8-11)15-12-5-3-2-4-6-12;2-1(3,4)8(5,6)7/h2-10H,1H3;(H,5,6,7). The van der Waals surface area contributed by atoms with E-state index in [2.05, 4.69) is 24.3 Å². The molecular weight excluding hydrogens is 353 g/mol. The Morgan fingerprint density at radius 1 is 0.957 bits per heavy atom. The van der Waals surface area contributed by atoms with Crippen molar-refractivity contribution < 1.29 is 30.9 Å². The molecule has 0 spiro atoms. The van der Waals surface area contributed by atoms with Crippen LogP contribution in [-0.2, 0) is 10.1 Å². The van der Waals surface area contributed by atoms with Gasteiger partial charge in [0.25, 0.3) is 0 Å². The molecule has 0 aliphatic rings. The van der Waals surface area contributed by atoms with Gasteiger partial charge >= 0.3 is 15.6 Å². The van der Waals surface area contributed by atoms with Crippen molar-refractivity contribution in [1.82, 2.24) is 0 Å². The van der Waals surface area contributed by atoms with Crippen LogP contribution in [0.4, 0.5) is 13.2 Å². The number of ether oxygens (including phenoxy) is 1. The van der Waals surface area contributed by atoms with Gasteiger partial charge in [-0.1, -0.05) is 30.0 Å². The lowest BCUT2D eigenvalue weighted by molar-refractivity contribution is -0.0510. The summed E-state index contributed by atoms with van der Waals surface area (Å²) in [5.74, 6) is 0.896. The zero-order chi connectivity index (χ0) is 17.5. The lowest BCUT2D eigenvalue weighted by Gasteiger charge is -2.02. The van der Waals surface area contributed by atoms with E-state index in [9.17, 15) is 13.2 Å². The van der Waals surface area contributed by atoms with Crippen LogP contribution < -0.4 is 4.74 Å². The fourth-order valence-corrected chi connectivity index (χ4v) is 2.11. The normalized spacial score (nSPS) is 11.3. The molecule has 0 aromatic heterocycles. The third kappa shape index (κ3) is 6.93. The van der Waals surface area contributed by atoms with Crippen LogP contribution in [0.5, 0.6) is 5.75 Å². The first-order valence-corrected chi connectivity index (χ1v) is 8.30. The molecule has 0 radical (unpaired) electrons. The van der Waals surface area contributed by atoms with Crippen LogP contribution in [0.2, 0.25) is 0 Å². The van der Waals surface area contributed by atoms with E-state index in [1.54, 1.807) is 18.9 Å². The molecule has 0 saturated heterocycles. The second-order valence-electron chi connectivity index (χ2n) is 4.01. The maximum absolute atomic E-state index is 10.7. The molecule has 0 atom stereocenters. The van der Waals surface area contributed by atoms with Gasteiger partial charge in [0.2, 0.25) is 0 Å². The van der Waals surface area contributed by atoms with Gasteiger partial charge in [-0.05, 0) is 36.4 Å². The minimum Gasteiger partial charge on any atom is -0.497 e. The topological polar surface area (TPSA) is 63.6 Å². The second-order valence-corrected chi connectivity index (χ2v) is 6.57. The zero-order valence-electron chi connectivity index (χ0n) is 11.8. The monoisotopic (exact) mass is 366 g/mol. The van der Waals surface area contributed by atoms with Crippen LogP contribution in [-0.4, -0.2) is 25.6 Å². The van der Waals surface area contributed by atoms with Gasteiger partial charge in [0.15, 0.2) is 0 Å². The third-order valence-corrected chi connectivity index (χ3v) is 3.93. The van der Waals surface area contributed by atoms with Crippen molar-refractivity contribution in [3.8, 4) is 5.75 Å². The van der Waals surface area contributed by atoms with Crippen molar-refractivity contribution in [3.05, 3.63) is 54.6 Å². The number of hydrogen-bond acceptors (Lipinski definition) is 4. The van der Waals surface area contributed by atoms with Gasteiger partial charge < -0.3 is 4.74 Å². The maximum atomic E-state index is 10.7. The van der Waals surface area contributed by atoms with Crippen LogP contribution >= 0.6 is 11.8 Å². The van der Waals surface area contributed by atoms with E-state index in [0.717, 1.165) is 5.75 Å². The minimum atomic E-state index is -5.84. The van der Waals surface area contributed by atoms with E-state index in [-0.39, 0.29) is 0 Å². The minimum absolute atomic E-state index is 0.896. The highest BCUT2D eigenvalue weighted by molar-refractivity contribution is 7.99. The van der Waals surface area contributed by atoms with E-state index in [1.165, 1.54) is 9.79 Å². The van der Waals surface area contributed by atoms with E-state index in [0.29, 0.717) is 0 Å². The first kappa shape index (κ1) is 19.3. The summed E-state index contributed by atoms with van der Waals surface area (Å²) in [4.78, 5) is 2.48. The van der Waals surface area contributed by atoms with Gasteiger partial charge in [-0.2, -0.15) is 21.6 Å². The lowest BCUT2D eigenvalue weighted by atomic mass is 10.3. The Hall–Kier alpha value is -1.71. The van der Waals surface area contributed by atoms with Gasteiger partial charge in [-0.25, -0.2) is 0 Å². The first-order valence-electron chi connectivity index (χ1n) is 6.04. The summed E-state index contributed by atoms with van der Waals surface area (Å²) in [7, 11) is -4.16. The molecule has 2 aromatic rings. The molecule has 0 fully saturated rings. The molecule has 9 heteroatoms. The van der Waals surface area contributed by atoms with Gasteiger partial charge in [0, 0.05) is 9.79 Å². The molecule has 2 rings (SSSR count). The predicted octanol–water partition coefficient (Wildman–Crippen LogP) is 4.24. The first-order chi connectivity index (χ1) is 10.6. The summed E-state index contributed by atoms with van der Waals surface area (Å²) in [6.07, 6.45) is 0. The van der Waals surface area contributed by atoms with E-state index >= 15 is 0 Å². The molecule has 0 aliphatic carbocycles. The summed E-state index contributed by atoms with van der Waals surface area (Å²) in [5, 5.41) is 0. The lowest BCUT2D eigenvalue weighted by Crippen LogP contribution is -2.21. The Morgan fingerprint density at radius 3 is 1.78 bits per heavy atom. The van der Waals surface area contributed by atoms with Crippen molar-refractivity contribution in [2.24, 2.45) is 0 Å². The number of hydrogen-bond donors (Lipinski definition) is 1. The summed E-state index contributed by atoms with van der Waals surface area (Å²) in [5.41, 5.74) is -5.53. The molecule has 23 heavy (non-hydrogen) atoms. The third-order valence-electron chi connectivity index (χ3n) is 2.33. The SMILES string of the molecule is COc1ccc(Sc2ccccc2)cc1.O=S(=O)(O)C(F)(F)F. The smallest absolute Gasteiger partial charge is 0.497 e. The maximum Gasteiger partial charge on any atom is 0.522 e. The van der Waals surface area contributed by atoms with Gasteiger partial charge in [0.05, 0.1) is 7.11 Å². The average Bonchev–Trinajstić information content (AvgIpc) is 2.48. The Kier molecular flexibility index (Phi) is 6.92. The van der Waals surface area contributed by atoms with E-state index < -0.39 is 15.6 Å². The summed E-state index contributed by atoms with van der Waals surface area (Å²) in [6, 6.07) is 18.4. The summed E-state index contributed by atoms with van der Waals surface area (Å²) < 4.78 is 62.7. The van der Waals surface area contributed by atoms with E-state index in [4.69, 9.17) is 17.7 Å². The molecule has 126 valence electrons. The number of rotatable bonds is 3. The molecule has 1 N–H and O–H groups in total. The van der Waals surface area contributed by atoms with Crippen molar-refractivity contribution in [2.75, 3.05) is 7.11 Å². The molecule has 0 saturated carbocycles. The number of benzene rings is 2. The highest BCUT2D eigenvalue weighted by Crippen LogP contribution is 2.28. The fourth-order valence-electron chi connectivity index (χ4n) is 1.27. The van der Waals surface area contributed by atoms with Crippen molar-refractivity contribution >= 4 is 21.9 Å². The Labute approximate surface area is 136 Å². The number of methoxy groups -OCH3 is 1. The quantitative estimate of drug-likeness (QED) is 0.650. The molecule has 0 aliphatic heterocycles. The fraction of sp³-hybridized carbons (Fsp3) is 0.143. The van der Waals surface area contributed by atoms with Crippen LogP contribution in [0.1, 0.15) is 0 Å². The molecule has 4 nitrogen and oxygen atoms in total. The van der Waals surface area contributed by atoms with Gasteiger partial charge in [0.1, 0.15) is 5.75 Å². The summed E-state index contributed by atoms with van der Waals surface area (Å²) in [6.45, 7) is 0. The van der Waals surface area contributed by atoms with Gasteiger partial charge in [-0.3, -0.25) is 4.55 Å². The molecular formula is C14H13F3O4S2. The van der Waals surface area contributed by atoms with Crippen molar-refractivity contribution in [1.29, 1.82) is 0 Å².